The van der Waals surface area contributed by atoms with Crippen LogP contribution >= 0.6 is 0 Å². The standard InChI is InChI=1S/C21H34O/c1-14-8-11-21(13-22)16(12-14)5-6-17-18-7-4-15(2)20(18,3)10-9-19(17)21/h5,14-15,17-19,22H,4,6-13H2,1-3H3/t14-,15-,17?,18?,19?,20+,21+/m0/s1. The highest BCUT2D eigenvalue weighted by molar-refractivity contribution is 5.26. The summed E-state index contributed by atoms with van der Waals surface area (Å²) in [6.07, 6.45) is 13.4. The van der Waals surface area contributed by atoms with E-state index in [0.29, 0.717) is 12.0 Å². The summed E-state index contributed by atoms with van der Waals surface area (Å²) >= 11 is 0. The van der Waals surface area contributed by atoms with E-state index in [1.165, 1.54) is 51.4 Å². The highest BCUT2D eigenvalue weighted by atomic mass is 16.3. The molecule has 0 aliphatic heterocycles. The summed E-state index contributed by atoms with van der Waals surface area (Å²) in [5.41, 5.74) is 2.40. The minimum absolute atomic E-state index is 0.169. The first-order valence-electron chi connectivity index (χ1n) is 9.81. The van der Waals surface area contributed by atoms with Gasteiger partial charge in [-0.2, -0.15) is 0 Å². The maximum atomic E-state index is 10.4. The van der Waals surface area contributed by atoms with Gasteiger partial charge in [-0.1, -0.05) is 32.4 Å². The Morgan fingerprint density at radius 1 is 1.09 bits per heavy atom. The zero-order chi connectivity index (χ0) is 15.5. The number of aliphatic hydroxyl groups excluding tert-OH is 1. The van der Waals surface area contributed by atoms with E-state index in [4.69, 9.17) is 0 Å². The SMILES string of the molecule is C[C@H]1CC[C@@]2(CO)C(=CCC3C2CC[C@@]2(C)C3CC[C@@H]2C)C1. The number of hydrogen-bond donors (Lipinski definition) is 1. The van der Waals surface area contributed by atoms with E-state index < -0.39 is 0 Å². The molecule has 0 heterocycles. The van der Waals surface area contributed by atoms with E-state index in [1.807, 2.05) is 0 Å². The topological polar surface area (TPSA) is 20.2 Å². The van der Waals surface area contributed by atoms with Gasteiger partial charge in [-0.25, -0.2) is 0 Å². The lowest BCUT2D eigenvalue weighted by molar-refractivity contribution is -0.0666. The summed E-state index contributed by atoms with van der Waals surface area (Å²) in [7, 11) is 0. The Hall–Kier alpha value is -0.300. The quantitative estimate of drug-likeness (QED) is 0.661. The van der Waals surface area contributed by atoms with E-state index in [9.17, 15) is 5.11 Å². The van der Waals surface area contributed by atoms with Crippen LogP contribution in [0, 0.1) is 40.4 Å². The molecular formula is C21H34O. The van der Waals surface area contributed by atoms with Crippen molar-refractivity contribution in [1.29, 1.82) is 0 Å². The molecule has 0 aromatic rings. The lowest BCUT2D eigenvalue weighted by Gasteiger charge is -2.58. The predicted molar refractivity (Wildman–Crippen MR) is 91.4 cm³/mol. The van der Waals surface area contributed by atoms with Gasteiger partial charge in [0.2, 0.25) is 0 Å². The van der Waals surface area contributed by atoms with Gasteiger partial charge >= 0.3 is 0 Å². The van der Waals surface area contributed by atoms with Crippen molar-refractivity contribution in [2.75, 3.05) is 6.61 Å². The molecule has 0 saturated heterocycles. The van der Waals surface area contributed by atoms with Crippen molar-refractivity contribution >= 4 is 0 Å². The predicted octanol–water partition coefficient (Wildman–Crippen LogP) is 5.19. The van der Waals surface area contributed by atoms with Crippen molar-refractivity contribution in [2.24, 2.45) is 40.4 Å². The normalized spacial score (nSPS) is 54.2. The fraction of sp³-hybridized carbons (Fsp3) is 0.905. The fourth-order valence-electron chi connectivity index (χ4n) is 7.20. The van der Waals surface area contributed by atoms with Crippen LogP contribution in [0.3, 0.4) is 0 Å². The van der Waals surface area contributed by atoms with Gasteiger partial charge in [0.25, 0.3) is 0 Å². The number of aliphatic hydroxyl groups is 1. The zero-order valence-electron chi connectivity index (χ0n) is 14.8. The summed E-state index contributed by atoms with van der Waals surface area (Å²) < 4.78 is 0. The second-order valence-electron chi connectivity index (χ2n) is 9.53. The average Bonchev–Trinajstić information content (AvgIpc) is 2.82. The average molecular weight is 303 g/mol. The summed E-state index contributed by atoms with van der Waals surface area (Å²) in [6, 6.07) is 0. The Kier molecular flexibility index (Phi) is 3.53. The Morgan fingerprint density at radius 3 is 2.68 bits per heavy atom. The van der Waals surface area contributed by atoms with Gasteiger partial charge in [-0.05, 0) is 86.4 Å². The molecule has 0 aromatic carbocycles. The molecule has 0 bridgehead atoms. The van der Waals surface area contributed by atoms with Crippen molar-refractivity contribution in [2.45, 2.75) is 72.1 Å². The van der Waals surface area contributed by atoms with Crippen LogP contribution in [0.5, 0.6) is 0 Å². The third kappa shape index (κ3) is 1.87. The molecule has 0 amide bonds. The van der Waals surface area contributed by atoms with Crippen molar-refractivity contribution in [3.8, 4) is 0 Å². The molecular weight excluding hydrogens is 268 g/mol. The molecule has 3 saturated carbocycles. The van der Waals surface area contributed by atoms with Crippen LogP contribution in [0.15, 0.2) is 11.6 Å². The minimum atomic E-state index is 0.169. The first kappa shape index (κ1) is 15.2. The van der Waals surface area contributed by atoms with Crippen LogP contribution in [0.1, 0.15) is 72.1 Å². The van der Waals surface area contributed by atoms with Gasteiger partial charge in [-0.15, -0.1) is 0 Å². The van der Waals surface area contributed by atoms with E-state index in [-0.39, 0.29) is 5.41 Å². The first-order chi connectivity index (χ1) is 10.5. The van der Waals surface area contributed by atoms with Gasteiger partial charge in [0.05, 0.1) is 6.61 Å². The van der Waals surface area contributed by atoms with Gasteiger partial charge in [0.15, 0.2) is 0 Å². The molecule has 1 N–H and O–H groups in total. The monoisotopic (exact) mass is 302 g/mol. The maximum absolute atomic E-state index is 10.4. The maximum Gasteiger partial charge on any atom is 0.0527 e. The minimum Gasteiger partial charge on any atom is -0.395 e. The molecule has 22 heavy (non-hydrogen) atoms. The molecule has 0 spiro atoms. The second kappa shape index (κ2) is 5.10. The lowest BCUT2D eigenvalue weighted by Crippen LogP contribution is -2.52. The number of hydrogen-bond acceptors (Lipinski definition) is 1. The molecule has 3 fully saturated rings. The number of allylic oxidation sites excluding steroid dienone is 1. The first-order valence-corrected chi connectivity index (χ1v) is 9.81. The Labute approximate surface area is 136 Å². The van der Waals surface area contributed by atoms with Gasteiger partial charge in [-0.3, -0.25) is 0 Å². The van der Waals surface area contributed by atoms with E-state index in [2.05, 4.69) is 26.8 Å². The van der Waals surface area contributed by atoms with Crippen LogP contribution in [0.4, 0.5) is 0 Å². The third-order valence-electron chi connectivity index (χ3n) is 8.83. The molecule has 0 radical (unpaired) electrons. The Balaban J connectivity index is 1.70. The highest BCUT2D eigenvalue weighted by Gasteiger charge is 2.58. The van der Waals surface area contributed by atoms with Crippen LogP contribution < -0.4 is 0 Å². The summed E-state index contributed by atoms with van der Waals surface area (Å²) in [5, 5.41) is 10.4. The van der Waals surface area contributed by atoms with E-state index in [1.54, 1.807) is 5.57 Å². The largest absolute Gasteiger partial charge is 0.395 e. The van der Waals surface area contributed by atoms with Gasteiger partial charge in [0.1, 0.15) is 0 Å². The molecule has 4 aliphatic carbocycles. The third-order valence-corrected chi connectivity index (χ3v) is 8.83. The lowest BCUT2D eigenvalue weighted by atomic mass is 9.47. The molecule has 3 unspecified atom stereocenters. The van der Waals surface area contributed by atoms with Crippen molar-refractivity contribution < 1.29 is 5.11 Å². The van der Waals surface area contributed by atoms with Crippen LogP contribution in [-0.2, 0) is 0 Å². The van der Waals surface area contributed by atoms with Crippen LogP contribution in [-0.4, -0.2) is 11.7 Å². The van der Waals surface area contributed by atoms with Crippen LogP contribution in [0.2, 0.25) is 0 Å². The Bertz CT molecular complexity index is 480. The van der Waals surface area contributed by atoms with Gasteiger partial charge in [0, 0.05) is 5.41 Å². The van der Waals surface area contributed by atoms with E-state index >= 15 is 0 Å². The molecule has 4 rings (SSSR count). The van der Waals surface area contributed by atoms with Crippen molar-refractivity contribution in [3.63, 3.8) is 0 Å². The van der Waals surface area contributed by atoms with E-state index in [0.717, 1.165) is 29.6 Å². The number of fused-ring (bicyclic) bond motifs is 5. The second-order valence-corrected chi connectivity index (χ2v) is 9.53. The molecule has 1 nitrogen and oxygen atoms in total. The van der Waals surface area contributed by atoms with Gasteiger partial charge < -0.3 is 5.11 Å². The molecule has 0 aromatic heterocycles. The molecule has 124 valence electrons. The Morgan fingerprint density at radius 2 is 1.91 bits per heavy atom. The van der Waals surface area contributed by atoms with Crippen LogP contribution in [0.25, 0.3) is 0 Å². The fourth-order valence-corrected chi connectivity index (χ4v) is 7.20. The zero-order valence-corrected chi connectivity index (χ0v) is 14.8. The highest BCUT2D eigenvalue weighted by Crippen LogP contribution is 2.66. The summed E-state index contributed by atoms with van der Waals surface area (Å²) in [4.78, 5) is 0. The molecule has 1 heteroatoms. The smallest absolute Gasteiger partial charge is 0.0527 e. The van der Waals surface area contributed by atoms with Crippen molar-refractivity contribution in [3.05, 3.63) is 11.6 Å². The molecule has 4 aliphatic rings. The summed E-state index contributed by atoms with van der Waals surface area (Å²) in [6.45, 7) is 7.88. The van der Waals surface area contributed by atoms with Crippen molar-refractivity contribution in [1.82, 2.24) is 0 Å². The number of rotatable bonds is 1. The summed E-state index contributed by atoms with van der Waals surface area (Å²) in [5.74, 6) is 4.27. The molecule has 7 atom stereocenters.